The molecule has 106 valence electrons. The molecule has 1 aromatic carbocycles. The molecule has 1 heterocycles. The number of rotatable bonds is 4. The van der Waals surface area contributed by atoms with Crippen LogP contribution in [0.25, 0.3) is 0 Å². The molecule has 1 aliphatic rings. The van der Waals surface area contributed by atoms with Crippen LogP contribution in [-0.4, -0.2) is 25.0 Å². The lowest BCUT2D eigenvalue weighted by molar-refractivity contribution is -0.137. The molecule has 0 radical (unpaired) electrons. The lowest BCUT2D eigenvalue weighted by atomic mass is 10.1. The van der Waals surface area contributed by atoms with Gasteiger partial charge in [0.2, 0.25) is 0 Å². The zero-order chi connectivity index (χ0) is 14.0. The second kappa shape index (κ2) is 5.53. The lowest BCUT2D eigenvalue weighted by Gasteiger charge is -2.19. The van der Waals surface area contributed by atoms with E-state index in [1.165, 1.54) is 12.1 Å². The quantitative estimate of drug-likeness (QED) is 0.913. The fourth-order valence-electron chi connectivity index (χ4n) is 2.11. The monoisotopic (exact) mass is 271 g/mol. The van der Waals surface area contributed by atoms with Crippen LogP contribution in [0.2, 0.25) is 0 Å². The maximum absolute atomic E-state index is 13.1. The Labute approximate surface area is 111 Å². The summed E-state index contributed by atoms with van der Waals surface area (Å²) in [7, 11) is 0. The highest BCUT2D eigenvalue weighted by Gasteiger charge is 2.32. The molecule has 1 saturated heterocycles. The largest absolute Gasteiger partial charge is 0.348 e. The average Bonchev–Trinajstić information content (AvgIpc) is 2.64. The minimum absolute atomic E-state index is 0.0455. The first-order chi connectivity index (χ1) is 8.85. The van der Waals surface area contributed by atoms with Gasteiger partial charge in [0.25, 0.3) is 0 Å². The molecule has 3 nitrogen and oxygen atoms in total. The Morgan fingerprint density at radius 1 is 1.32 bits per heavy atom. The van der Waals surface area contributed by atoms with E-state index in [1.54, 1.807) is 0 Å². The molecule has 0 aromatic heterocycles. The molecule has 2 rings (SSSR count). The third-order valence-electron chi connectivity index (χ3n) is 3.10. The summed E-state index contributed by atoms with van der Waals surface area (Å²) in [5.74, 6) is -1.68. The minimum Gasteiger partial charge on any atom is -0.348 e. The first-order valence-electron chi connectivity index (χ1n) is 6.37. The summed E-state index contributed by atoms with van der Waals surface area (Å²) in [6, 6.07) is 3.37. The van der Waals surface area contributed by atoms with E-state index in [9.17, 15) is 8.78 Å². The van der Waals surface area contributed by atoms with Crippen molar-refractivity contribution < 1.29 is 18.3 Å². The molecule has 19 heavy (non-hydrogen) atoms. The van der Waals surface area contributed by atoms with Gasteiger partial charge >= 0.3 is 0 Å². The molecule has 0 amide bonds. The highest BCUT2D eigenvalue weighted by Crippen LogP contribution is 2.22. The van der Waals surface area contributed by atoms with Crippen LogP contribution in [0.3, 0.4) is 0 Å². The van der Waals surface area contributed by atoms with Gasteiger partial charge in [0, 0.05) is 18.7 Å². The maximum atomic E-state index is 13.1. The van der Waals surface area contributed by atoms with Gasteiger partial charge in [-0.1, -0.05) is 0 Å². The van der Waals surface area contributed by atoms with E-state index in [-0.39, 0.29) is 12.1 Å². The first-order valence-corrected chi connectivity index (χ1v) is 6.37. The second-order valence-electron chi connectivity index (χ2n) is 5.28. The second-order valence-corrected chi connectivity index (χ2v) is 5.28. The van der Waals surface area contributed by atoms with Gasteiger partial charge in [0.1, 0.15) is 11.6 Å². The zero-order valence-electron chi connectivity index (χ0n) is 11.4. The van der Waals surface area contributed by atoms with Crippen LogP contribution in [0, 0.1) is 11.6 Å². The van der Waals surface area contributed by atoms with E-state index >= 15 is 0 Å². The molecular formula is C14H19F2NO2. The summed E-state index contributed by atoms with van der Waals surface area (Å²) in [6.45, 7) is 6.67. The van der Waals surface area contributed by atoms with Crippen molar-refractivity contribution in [1.82, 2.24) is 5.32 Å². The maximum Gasteiger partial charge on any atom is 0.163 e. The summed E-state index contributed by atoms with van der Waals surface area (Å²) >= 11 is 0. The van der Waals surface area contributed by atoms with Crippen molar-refractivity contribution in [3.8, 4) is 0 Å². The molecule has 0 bridgehead atoms. The van der Waals surface area contributed by atoms with E-state index < -0.39 is 17.4 Å². The van der Waals surface area contributed by atoms with Crippen LogP contribution in [0.15, 0.2) is 18.2 Å². The minimum atomic E-state index is -0.565. The van der Waals surface area contributed by atoms with Gasteiger partial charge in [-0.15, -0.1) is 0 Å². The van der Waals surface area contributed by atoms with E-state index in [1.807, 2.05) is 20.8 Å². The molecular weight excluding hydrogens is 252 g/mol. The van der Waals surface area contributed by atoms with Gasteiger partial charge < -0.3 is 14.8 Å². The van der Waals surface area contributed by atoms with Crippen molar-refractivity contribution in [2.45, 2.75) is 38.7 Å². The van der Waals surface area contributed by atoms with Crippen molar-refractivity contribution in [3.05, 3.63) is 35.4 Å². The van der Waals surface area contributed by atoms with Crippen LogP contribution < -0.4 is 5.32 Å². The van der Waals surface area contributed by atoms with Gasteiger partial charge in [0.05, 0.1) is 12.7 Å². The van der Waals surface area contributed by atoms with Crippen molar-refractivity contribution in [1.29, 1.82) is 0 Å². The Morgan fingerprint density at radius 3 is 2.47 bits per heavy atom. The standard InChI is InChI=1S/C14H19F2NO2/c1-9(10-4-11(15)6-12(16)5-10)17-7-13-8-18-14(2,3)19-13/h4-6,9,13,17H,7-8H2,1-3H3. The Bertz CT molecular complexity index is 431. The predicted molar refractivity (Wildman–Crippen MR) is 67.7 cm³/mol. The van der Waals surface area contributed by atoms with Crippen LogP contribution in [0.1, 0.15) is 32.4 Å². The fraction of sp³-hybridized carbons (Fsp3) is 0.571. The summed E-state index contributed by atoms with van der Waals surface area (Å²) in [6.07, 6.45) is -0.0455. The summed E-state index contributed by atoms with van der Waals surface area (Å²) in [5, 5.41) is 3.19. The van der Waals surface area contributed by atoms with Gasteiger partial charge in [0.15, 0.2) is 5.79 Å². The van der Waals surface area contributed by atoms with Crippen molar-refractivity contribution in [3.63, 3.8) is 0 Å². The SMILES string of the molecule is CC(NCC1COC(C)(C)O1)c1cc(F)cc(F)c1. The van der Waals surface area contributed by atoms with Crippen molar-refractivity contribution in [2.24, 2.45) is 0 Å². The summed E-state index contributed by atoms with van der Waals surface area (Å²) in [5.41, 5.74) is 0.579. The molecule has 2 atom stereocenters. The Morgan fingerprint density at radius 2 is 1.95 bits per heavy atom. The van der Waals surface area contributed by atoms with E-state index in [4.69, 9.17) is 9.47 Å². The smallest absolute Gasteiger partial charge is 0.163 e. The van der Waals surface area contributed by atoms with E-state index in [0.29, 0.717) is 18.7 Å². The van der Waals surface area contributed by atoms with Gasteiger partial charge in [-0.3, -0.25) is 0 Å². The number of hydrogen-bond acceptors (Lipinski definition) is 3. The molecule has 0 saturated carbocycles. The zero-order valence-corrected chi connectivity index (χ0v) is 11.4. The summed E-state index contributed by atoms with van der Waals surface area (Å²) < 4.78 is 37.3. The van der Waals surface area contributed by atoms with Gasteiger partial charge in [-0.25, -0.2) is 8.78 Å². The van der Waals surface area contributed by atoms with Crippen molar-refractivity contribution >= 4 is 0 Å². The molecule has 2 unspecified atom stereocenters. The third kappa shape index (κ3) is 3.96. The number of benzene rings is 1. The molecule has 1 aromatic rings. The van der Waals surface area contributed by atoms with Crippen LogP contribution in [0.5, 0.6) is 0 Å². The topological polar surface area (TPSA) is 30.5 Å². The van der Waals surface area contributed by atoms with Crippen LogP contribution in [-0.2, 0) is 9.47 Å². The highest BCUT2D eigenvalue weighted by atomic mass is 19.1. The Balaban J connectivity index is 1.89. The van der Waals surface area contributed by atoms with Crippen molar-refractivity contribution in [2.75, 3.05) is 13.2 Å². The number of halogens is 2. The molecule has 1 aliphatic heterocycles. The summed E-state index contributed by atoms with van der Waals surface area (Å²) in [4.78, 5) is 0. The fourth-order valence-corrected chi connectivity index (χ4v) is 2.11. The third-order valence-corrected chi connectivity index (χ3v) is 3.10. The first kappa shape index (κ1) is 14.4. The molecule has 1 fully saturated rings. The predicted octanol–water partition coefficient (Wildman–Crippen LogP) is 2.77. The van der Waals surface area contributed by atoms with Gasteiger partial charge in [-0.2, -0.15) is 0 Å². The average molecular weight is 271 g/mol. The Kier molecular flexibility index (Phi) is 4.18. The number of hydrogen-bond donors (Lipinski definition) is 1. The normalized spacial score (nSPS) is 23.5. The molecule has 0 aliphatic carbocycles. The molecule has 5 heteroatoms. The van der Waals surface area contributed by atoms with Crippen LogP contribution in [0.4, 0.5) is 8.78 Å². The van der Waals surface area contributed by atoms with Gasteiger partial charge in [-0.05, 0) is 38.5 Å². The number of ether oxygens (including phenoxy) is 2. The number of nitrogens with one attached hydrogen (secondary N) is 1. The van der Waals surface area contributed by atoms with E-state index in [0.717, 1.165) is 6.07 Å². The van der Waals surface area contributed by atoms with E-state index in [2.05, 4.69) is 5.32 Å². The Hall–Kier alpha value is -1.04. The molecule has 0 spiro atoms. The highest BCUT2D eigenvalue weighted by molar-refractivity contribution is 5.20. The lowest BCUT2D eigenvalue weighted by Crippen LogP contribution is -2.32. The molecule has 1 N–H and O–H groups in total. The van der Waals surface area contributed by atoms with Crippen LogP contribution >= 0.6 is 0 Å².